The van der Waals surface area contributed by atoms with Crippen molar-refractivity contribution in [2.45, 2.75) is 11.6 Å². The SMILES string of the molecule is CS(=O)(=O)c1ccc(NCc2ccc(Br)c(Br)c2)cn1. The second-order valence-corrected chi connectivity index (χ2v) is 7.93. The summed E-state index contributed by atoms with van der Waals surface area (Å²) in [5.74, 6) is 0. The molecule has 2 rings (SSSR count). The lowest BCUT2D eigenvalue weighted by Crippen LogP contribution is -2.03. The molecule has 20 heavy (non-hydrogen) atoms. The summed E-state index contributed by atoms with van der Waals surface area (Å²) in [6, 6.07) is 9.17. The molecule has 4 nitrogen and oxygen atoms in total. The normalized spacial score (nSPS) is 11.3. The van der Waals surface area contributed by atoms with E-state index in [9.17, 15) is 8.42 Å². The van der Waals surface area contributed by atoms with Crippen molar-refractivity contribution < 1.29 is 8.42 Å². The molecule has 0 radical (unpaired) electrons. The van der Waals surface area contributed by atoms with Crippen LogP contribution >= 0.6 is 31.9 Å². The summed E-state index contributed by atoms with van der Waals surface area (Å²) in [4.78, 5) is 3.93. The van der Waals surface area contributed by atoms with Crippen LogP contribution in [0.4, 0.5) is 5.69 Å². The van der Waals surface area contributed by atoms with Gasteiger partial charge in [-0.2, -0.15) is 0 Å². The molecule has 0 aliphatic heterocycles. The molecule has 0 bridgehead atoms. The molecule has 0 unspecified atom stereocenters. The van der Waals surface area contributed by atoms with E-state index in [1.807, 2.05) is 18.2 Å². The predicted molar refractivity (Wildman–Crippen MR) is 86.5 cm³/mol. The number of aromatic nitrogens is 1. The molecular weight excluding hydrogens is 408 g/mol. The van der Waals surface area contributed by atoms with Gasteiger partial charge in [0.05, 0.1) is 11.9 Å². The van der Waals surface area contributed by atoms with Crippen LogP contribution in [0.15, 0.2) is 50.5 Å². The number of nitrogens with one attached hydrogen (secondary N) is 1. The van der Waals surface area contributed by atoms with Crippen LogP contribution in [-0.2, 0) is 16.4 Å². The smallest absolute Gasteiger partial charge is 0.192 e. The molecule has 106 valence electrons. The fourth-order valence-electron chi connectivity index (χ4n) is 1.56. The van der Waals surface area contributed by atoms with Crippen molar-refractivity contribution in [1.29, 1.82) is 0 Å². The molecule has 0 spiro atoms. The Bertz CT molecular complexity index is 716. The van der Waals surface area contributed by atoms with Gasteiger partial charge in [-0.05, 0) is 61.7 Å². The molecule has 0 saturated carbocycles. The summed E-state index contributed by atoms with van der Waals surface area (Å²) in [5.41, 5.74) is 1.88. The molecule has 7 heteroatoms. The summed E-state index contributed by atoms with van der Waals surface area (Å²) < 4.78 is 24.6. The minimum atomic E-state index is -3.25. The molecule has 1 aromatic carbocycles. The zero-order valence-corrected chi connectivity index (χ0v) is 14.6. The average molecular weight is 420 g/mol. The summed E-state index contributed by atoms with van der Waals surface area (Å²) in [6.07, 6.45) is 2.66. The van der Waals surface area contributed by atoms with Gasteiger partial charge in [-0.1, -0.05) is 6.07 Å². The maximum absolute atomic E-state index is 11.3. The zero-order valence-electron chi connectivity index (χ0n) is 10.6. The van der Waals surface area contributed by atoms with Gasteiger partial charge in [0.25, 0.3) is 0 Å². The summed E-state index contributed by atoms with van der Waals surface area (Å²) in [5, 5.41) is 3.27. The van der Waals surface area contributed by atoms with Gasteiger partial charge in [0, 0.05) is 21.7 Å². The Labute approximate surface area is 134 Å². The molecule has 1 heterocycles. The number of benzene rings is 1. The highest BCUT2D eigenvalue weighted by molar-refractivity contribution is 9.13. The van der Waals surface area contributed by atoms with Gasteiger partial charge in [-0.3, -0.25) is 0 Å². The van der Waals surface area contributed by atoms with E-state index in [2.05, 4.69) is 42.2 Å². The van der Waals surface area contributed by atoms with Gasteiger partial charge in [-0.25, -0.2) is 13.4 Å². The first kappa shape index (κ1) is 15.5. The summed E-state index contributed by atoms with van der Waals surface area (Å²) in [6.45, 7) is 0.631. The van der Waals surface area contributed by atoms with Crippen LogP contribution in [0.3, 0.4) is 0 Å². The van der Waals surface area contributed by atoms with E-state index in [0.717, 1.165) is 26.5 Å². The number of sulfone groups is 1. The third kappa shape index (κ3) is 4.04. The summed E-state index contributed by atoms with van der Waals surface area (Å²) >= 11 is 6.87. The lowest BCUT2D eigenvalue weighted by atomic mass is 10.2. The topological polar surface area (TPSA) is 59.1 Å². The highest BCUT2D eigenvalue weighted by Gasteiger charge is 2.07. The first-order valence-corrected chi connectivity index (χ1v) is 9.18. The van der Waals surface area contributed by atoms with E-state index in [1.165, 1.54) is 12.3 Å². The Hall–Kier alpha value is -0.920. The third-order valence-electron chi connectivity index (χ3n) is 2.60. The highest BCUT2D eigenvalue weighted by atomic mass is 79.9. The molecule has 0 aliphatic rings. The average Bonchev–Trinajstić information content (AvgIpc) is 2.40. The molecule has 0 saturated heterocycles. The van der Waals surface area contributed by atoms with Gasteiger partial charge in [-0.15, -0.1) is 0 Å². The van der Waals surface area contributed by atoms with Gasteiger partial charge in [0.1, 0.15) is 0 Å². The van der Waals surface area contributed by atoms with Crippen LogP contribution in [0.25, 0.3) is 0 Å². The number of anilines is 1. The van der Waals surface area contributed by atoms with Crippen molar-refractivity contribution >= 4 is 47.4 Å². The van der Waals surface area contributed by atoms with E-state index in [1.54, 1.807) is 6.07 Å². The van der Waals surface area contributed by atoms with Crippen LogP contribution in [0.1, 0.15) is 5.56 Å². The summed E-state index contributed by atoms with van der Waals surface area (Å²) in [7, 11) is -3.25. The van der Waals surface area contributed by atoms with Crippen molar-refractivity contribution in [3.05, 3.63) is 51.0 Å². The minimum Gasteiger partial charge on any atom is -0.380 e. The molecule has 2 aromatic rings. The van der Waals surface area contributed by atoms with Crippen LogP contribution in [0, 0.1) is 0 Å². The molecular formula is C13H12Br2N2O2S. The van der Waals surface area contributed by atoms with E-state index < -0.39 is 9.84 Å². The Morgan fingerprint density at radius 3 is 2.45 bits per heavy atom. The van der Waals surface area contributed by atoms with Gasteiger partial charge < -0.3 is 5.32 Å². The number of nitrogens with zero attached hydrogens (tertiary/aromatic N) is 1. The maximum atomic E-state index is 11.3. The van der Waals surface area contributed by atoms with Crippen molar-refractivity contribution in [2.24, 2.45) is 0 Å². The molecule has 0 atom stereocenters. The highest BCUT2D eigenvalue weighted by Crippen LogP contribution is 2.24. The van der Waals surface area contributed by atoms with Gasteiger partial charge in [0.2, 0.25) is 0 Å². The fourth-order valence-corrected chi connectivity index (χ4v) is 2.79. The number of pyridine rings is 1. The van der Waals surface area contributed by atoms with Crippen LogP contribution in [0.2, 0.25) is 0 Å². The first-order chi connectivity index (χ1) is 9.36. The van der Waals surface area contributed by atoms with Crippen molar-refractivity contribution in [3.8, 4) is 0 Å². The van der Waals surface area contributed by atoms with Crippen LogP contribution in [-0.4, -0.2) is 19.7 Å². The Morgan fingerprint density at radius 2 is 1.90 bits per heavy atom. The number of halogens is 2. The van der Waals surface area contributed by atoms with Crippen molar-refractivity contribution in [2.75, 3.05) is 11.6 Å². The van der Waals surface area contributed by atoms with Crippen molar-refractivity contribution in [3.63, 3.8) is 0 Å². The quantitative estimate of drug-likeness (QED) is 0.821. The third-order valence-corrected chi connectivity index (χ3v) is 5.48. The number of hydrogen-bond donors (Lipinski definition) is 1. The Kier molecular flexibility index (Phi) is 4.82. The standard InChI is InChI=1S/C13H12Br2N2O2S/c1-20(18,19)13-5-3-10(8-17-13)16-7-9-2-4-11(14)12(15)6-9/h2-6,8,16H,7H2,1H3. The largest absolute Gasteiger partial charge is 0.380 e. The monoisotopic (exact) mass is 418 g/mol. The minimum absolute atomic E-state index is 0.0782. The molecule has 0 aliphatic carbocycles. The van der Waals surface area contributed by atoms with E-state index in [0.29, 0.717) is 6.54 Å². The number of hydrogen-bond acceptors (Lipinski definition) is 4. The van der Waals surface area contributed by atoms with Crippen molar-refractivity contribution in [1.82, 2.24) is 4.98 Å². The molecule has 0 fully saturated rings. The van der Waals surface area contributed by atoms with Crippen LogP contribution < -0.4 is 5.32 Å². The first-order valence-electron chi connectivity index (χ1n) is 5.70. The predicted octanol–water partition coefficient (Wildman–Crippen LogP) is 3.62. The van der Waals surface area contributed by atoms with E-state index in [-0.39, 0.29) is 5.03 Å². The Balaban J connectivity index is 2.06. The lowest BCUT2D eigenvalue weighted by molar-refractivity contribution is 0.598. The second-order valence-electron chi connectivity index (χ2n) is 4.26. The van der Waals surface area contributed by atoms with E-state index >= 15 is 0 Å². The fraction of sp³-hybridized carbons (Fsp3) is 0.154. The van der Waals surface area contributed by atoms with Crippen LogP contribution in [0.5, 0.6) is 0 Å². The maximum Gasteiger partial charge on any atom is 0.192 e. The zero-order chi connectivity index (χ0) is 14.8. The van der Waals surface area contributed by atoms with Gasteiger partial charge in [0.15, 0.2) is 14.9 Å². The van der Waals surface area contributed by atoms with Gasteiger partial charge >= 0.3 is 0 Å². The van der Waals surface area contributed by atoms with E-state index in [4.69, 9.17) is 0 Å². The lowest BCUT2D eigenvalue weighted by Gasteiger charge is -2.07. The second kappa shape index (κ2) is 6.24. The molecule has 0 amide bonds. The Morgan fingerprint density at radius 1 is 1.15 bits per heavy atom. The molecule has 1 N–H and O–H groups in total. The number of rotatable bonds is 4. The molecule has 1 aromatic heterocycles.